The van der Waals surface area contributed by atoms with Gasteiger partial charge in [0.05, 0.1) is 6.04 Å². The van der Waals surface area contributed by atoms with E-state index in [0.717, 1.165) is 24.0 Å². The number of nitrogens with zero attached hydrogens (tertiary/aromatic N) is 1. The monoisotopic (exact) mass is 360 g/mol. The first-order chi connectivity index (χ1) is 12.1. The Labute approximate surface area is 152 Å². The van der Waals surface area contributed by atoms with Gasteiger partial charge in [0.2, 0.25) is 0 Å². The summed E-state index contributed by atoms with van der Waals surface area (Å²) in [5.74, 6) is 0.184. The number of rotatable bonds is 6. The molecule has 1 atom stereocenters. The Hall–Kier alpha value is -2.07. The van der Waals surface area contributed by atoms with Gasteiger partial charge in [-0.3, -0.25) is 0 Å². The molecule has 1 N–H and O–H groups in total. The smallest absolute Gasteiger partial charge is 0.318 e. The van der Waals surface area contributed by atoms with Crippen LogP contribution in [0, 0.1) is 11.7 Å². The fourth-order valence-corrected chi connectivity index (χ4v) is 3.11. The van der Waals surface area contributed by atoms with E-state index < -0.39 is 0 Å². The van der Waals surface area contributed by atoms with Crippen LogP contribution in [0.3, 0.4) is 0 Å². The second-order valence-corrected chi connectivity index (χ2v) is 6.90. The molecular weight excluding hydrogens is 339 g/mol. The summed E-state index contributed by atoms with van der Waals surface area (Å²) in [4.78, 5) is 14.4. The third-order valence-electron chi connectivity index (χ3n) is 4.53. The van der Waals surface area contributed by atoms with Crippen molar-refractivity contribution in [1.29, 1.82) is 0 Å². The molecule has 0 saturated heterocycles. The molecule has 0 bridgehead atoms. The van der Waals surface area contributed by atoms with E-state index in [4.69, 9.17) is 11.6 Å². The molecule has 3 rings (SSSR count). The van der Waals surface area contributed by atoms with E-state index in [-0.39, 0.29) is 17.9 Å². The highest BCUT2D eigenvalue weighted by molar-refractivity contribution is 6.30. The number of hydrogen-bond acceptors (Lipinski definition) is 1. The topological polar surface area (TPSA) is 32.3 Å². The van der Waals surface area contributed by atoms with Crippen molar-refractivity contribution in [2.75, 3.05) is 6.54 Å². The summed E-state index contributed by atoms with van der Waals surface area (Å²) < 4.78 is 13.4. The molecule has 132 valence electrons. The average molecular weight is 361 g/mol. The molecule has 2 aromatic rings. The van der Waals surface area contributed by atoms with Gasteiger partial charge in [-0.05, 0) is 61.1 Å². The molecule has 0 radical (unpaired) electrons. The number of carbonyl (C=O) groups excluding carboxylic acids is 1. The van der Waals surface area contributed by atoms with E-state index in [1.165, 1.54) is 12.1 Å². The van der Waals surface area contributed by atoms with Crippen LogP contribution in [0.25, 0.3) is 0 Å². The van der Waals surface area contributed by atoms with Crippen molar-refractivity contribution in [2.24, 2.45) is 5.92 Å². The fraction of sp³-hybridized carbons (Fsp3) is 0.350. The van der Waals surface area contributed by atoms with Gasteiger partial charge < -0.3 is 10.2 Å². The predicted octanol–water partition coefficient (Wildman–Crippen LogP) is 5.16. The standard InChI is InChI=1S/C20H22ClFN2O/c1-2-24(13-14-4-3-5-18(22)12-14)20(25)23-19(15-6-7-15)16-8-10-17(21)11-9-16/h3-5,8-12,15,19H,2,6-7,13H2,1H3,(H,23,25). The molecule has 1 saturated carbocycles. The summed E-state index contributed by atoms with van der Waals surface area (Å²) in [5.41, 5.74) is 1.86. The minimum atomic E-state index is -0.286. The van der Waals surface area contributed by atoms with Crippen LogP contribution in [-0.2, 0) is 6.54 Å². The van der Waals surface area contributed by atoms with Gasteiger partial charge in [0.25, 0.3) is 0 Å². The lowest BCUT2D eigenvalue weighted by molar-refractivity contribution is 0.192. The normalized spacial score (nSPS) is 14.8. The van der Waals surface area contributed by atoms with Crippen LogP contribution in [-0.4, -0.2) is 17.5 Å². The molecule has 5 heteroatoms. The van der Waals surface area contributed by atoms with Gasteiger partial charge in [-0.15, -0.1) is 0 Å². The van der Waals surface area contributed by atoms with Crippen LogP contribution in [0.1, 0.15) is 36.9 Å². The second kappa shape index (κ2) is 7.87. The summed E-state index contributed by atoms with van der Waals surface area (Å²) in [6.45, 7) is 2.87. The third kappa shape index (κ3) is 4.73. The summed E-state index contributed by atoms with van der Waals surface area (Å²) in [6.07, 6.45) is 2.23. The van der Waals surface area contributed by atoms with E-state index in [2.05, 4.69) is 5.32 Å². The molecular formula is C20H22ClFN2O. The van der Waals surface area contributed by atoms with E-state index in [1.54, 1.807) is 11.0 Å². The first-order valence-electron chi connectivity index (χ1n) is 8.62. The summed E-state index contributed by atoms with van der Waals surface area (Å²) in [6, 6.07) is 13.9. The maximum absolute atomic E-state index is 13.4. The predicted molar refractivity (Wildman–Crippen MR) is 97.9 cm³/mol. The maximum Gasteiger partial charge on any atom is 0.318 e. The zero-order chi connectivity index (χ0) is 17.8. The number of halogens is 2. The Bertz CT molecular complexity index is 731. The Morgan fingerprint density at radius 1 is 1.28 bits per heavy atom. The van der Waals surface area contributed by atoms with Crippen LogP contribution >= 0.6 is 11.6 Å². The van der Waals surface area contributed by atoms with Gasteiger partial charge in [-0.25, -0.2) is 9.18 Å². The zero-order valence-corrected chi connectivity index (χ0v) is 15.0. The minimum Gasteiger partial charge on any atom is -0.331 e. The molecule has 0 aliphatic heterocycles. The third-order valence-corrected chi connectivity index (χ3v) is 4.78. The Balaban J connectivity index is 1.70. The van der Waals surface area contributed by atoms with Gasteiger partial charge in [0.15, 0.2) is 0 Å². The van der Waals surface area contributed by atoms with Crippen LogP contribution in [0.2, 0.25) is 5.02 Å². The van der Waals surface area contributed by atoms with Gasteiger partial charge in [0, 0.05) is 18.1 Å². The number of nitrogens with one attached hydrogen (secondary N) is 1. The molecule has 1 unspecified atom stereocenters. The van der Waals surface area contributed by atoms with Crippen molar-refractivity contribution in [2.45, 2.75) is 32.4 Å². The number of amides is 2. The van der Waals surface area contributed by atoms with Crippen molar-refractivity contribution in [3.8, 4) is 0 Å². The Morgan fingerprint density at radius 2 is 2.00 bits per heavy atom. The number of carbonyl (C=O) groups is 1. The lowest BCUT2D eigenvalue weighted by Gasteiger charge is -2.26. The van der Waals surface area contributed by atoms with E-state index in [1.807, 2.05) is 37.3 Å². The quantitative estimate of drug-likeness (QED) is 0.758. The molecule has 2 amide bonds. The van der Waals surface area contributed by atoms with Crippen molar-refractivity contribution < 1.29 is 9.18 Å². The second-order valence-electron chi connectivity index (χ2n) is 6.46. The van der Waals surface area contributed by atoms with Crippen LogP contribution < -0.4 is 5.32 Å². The van der Waals surface area contributed by atoms with Gasteiger partial charge >= 0.3 is 6.03 Å². The lowest BCUT2D eigenvalue weighted by atomic mass is 10.0. The molecule has 1 aliphatic carbocycles. The van der Waals surface area contributed by atoms with Crippen molar-refractivity contribution in [3.05, 3.63) is 70.5 Å². The Kier molecular flexibility index (Phi) is 5.59. The lowest BCUT2D eigenvalue weighted by Crippen LogP contribution is -2.41. The largest absolute Gasteiger partial charge is 0.331 e. The Morgan fingerprint density at radius 3 is 2.60 bits per heavy atom. The van der Waals surface area contributed by atoms with Crippen molar-refractivity contribution in [3.63, 3.8) is 0 Å². The average Bonchev–Trinajstić information content (AvgIpc) is 3.43. The number of benzene rings is 2. The van der Waals surface area contributed by atoms with Crippen LogP contribution in [0.15, 0.2) is 48.5 Å². The minimum absolute atomic E-state index is 0.00803. The van der Waals surface area contributed by atoms with E-state index in [9.17, 15) is 9.18 Å². The highest BCUT2D eigenvalue weighted by Gasteiger charge is 2.34. The molecule has 2 aromatic carbocycles. The van der Waals surface area contributed by atoms with Gasteiger partial charge in [-0.2, -0.15) is 0 Å². The van der Waals surface area contributed by atoms with Crippen LogP contribution in [0.5, 0.6) is 0 Å². The first-order valence-corrected chi connectivity index (χ1v) is 9.00. The summed E-state index contributed by atoms with van der Waals surface area (Å²) in [7, 11) is 0. The molecule has 25 heavy (non-hydrogen) atoms. The van der Waals surface area contributed by atoms with E-state index >= 15 is 0 Å². The first kappa shape index (κ1) is 17.7. The van der Waals surface area contributed by atoms with Crippen molar-refractivity contribution in [1.82, 2.24) is 10.2 Å². The zero-order valence-electron chi connectivity index (χ0n) is 14.2. The van der Waals surface area contributed by atoms with E-state index in [0.29, 0.717) is 24.0 Å². The highest BCUT2D eigenvalue weighted by Crippen LogP contribution is 2.41. The molecule has 1 fully saturated rings. The molecule has 1 aliphatic rings. The highest BCUT2D eigenvalue weighted by atomic mass is 35.5. The maximum atomic E-state index is 13.4. The molecule has 3 nitrogen and oxygen atoms in total. The van der Waals surface area contributed by atoms with Gasteiger partial charge in [-0.1, -0.05) is 35.9 Å². The SMILES string of the molecule is CCN(Cc1cccc(F)c1)C(=O)NC(c1ccc(Cl)cc1)C1CC1. The number of hydrogen-bond donors (Lipinski definition) is 1. The molecule has 0 spiro atoms. The molecule has 0 aromatic heterocycles. The summed E-state index contributed by atoms with van der Waals surface area (Å²) >= 11 is 5.97. The molecule has 0 heterocycles. The number of urea groups is 1. The summed E-state index contributed by atoms with van der Waals surface area (Å²) in [5, 5.41) is 3.84. The van der Waals surface area contributed by atoms with Crippen molar-refractivity contribution >= 4 is 17.6 Å². The van der Waals surface area contributed by atoms with Gasteiger partial charge in [0.1, 0.15) is 5.82 Å². The fourth-order valence-electron chi connectivity index (χ4n) is 2.98. The van der Waals surface area contributed by atoms with Crippen LogP contribution in [0.4, 0.5) is 9.18 Å².